The average molecular weight is 661 g/mol. The maximum atomic E-state index is 2.68. The van der Waals surface area contributed by atoms with Crippen molar-refractivity contribution in [1.29, 1.82) is 0 Å². The number of para-hydroxylation sites is 2. The molecule has 240 valence electrons. The number of rotatable bonds is 3. The first-order valence-corrected chi connectivity index (χ1v) is 18.5. The van der Waals surface area contributed by atoms with Gasteiger partial charge in [0.2, 0.25) is 0 Å². The zero-order valence-corrected chi connectivity index (χ0v) is 30.2. The van der Waals surface area contributed by atoms with Crippen LogP contribution in [0.4, 0.5) is 17.1 Å². The molecule has 2 nitrogen and oxygen atoms in total. The molecule has 0 amide bonds. The van der Waals surface area contributed by atoms with E-state index >= 15 is 0 Å². The van der Waals surface area contributed by atoms with Crippen LogP contribution in [0.2, 0.25) is 0 Å². The molecule has 2 aliphatic rings. The lowest BCUT2D eigenvalue weighted by molar-refractivity contribution is 1.27. The van der Waals surface area contributed by atoms with E-state index in [9.17, 15) is 0 Å². The Morgan fingerprint density at radius 3 is 1.88 bits per heavy atom. The van der Waals surface area contributed by atoms with Crippen LogP contribution < -0.4 is 15.8 Å². The fourth-order valence-electron chi connectivity index (χ4n) is 9.53. The molecule has 50 heavy (non-hydrogen) atoms. The Hall–Kier alpha value is -5.32. The van der Waals surface area contributed by atoms with Crippen molar-refractivity contribution in [3.05, 3.63) is 148 Å². The fraction of sp³-hybridized carbons (Fsp3) is 0.130. The Labute approximate surface area is 298 Å². The van der Waals surface area contributed by atoms with Gasteiger partial charge in [-0.3, -0.25) is 0 Å². The standard InChI is InChI=1S/C46H37BN2S/c1-26-18-28(3)42(29(4)19-26)32-16-17-39-35(22-32)36-23-33(43-30(5)20-27(2)21-31(43)6)24-37-45(36)49(39)47-38-14-10-11-15-40(38)48(34-12-8-7-9-13-34)41-25-50-46(37)44(41)47/h7-25H,1-6H3. The van der Waals surface area contributed by atoms with Gasteiger partial charge in [-0.15, -0.1) is 11.3 Å². The van der Waals surface area contributed by atoms with Gasteiger partial charge >= 0.3 is 6.85 Å². The maximum Gasteiger partial charge on any atom is 0.333 e. The second-order valence-electron chi connectivity index (χ2n) is 14.6. The third-order valence-corrected chi connectivity index (χ3v) is 12.2. The van der Waals surface area contributed by atoms with Crippen LogP contribution in [0, 0.1) is 41.5 Å². The summed E-state index contributed by atoms with van der Waals surface area (Å²) < 4.78 is 2.68. The summed E-state index contributed by atoms with van der Waals surface area (Å²) in [4.78, 5) is 3.87. The van der Waals surface area contributed by atoms with E-state index in [2.05, 4.69) is 165 Å². The fourth-order valence-corrected chi connectivity index (χ4v) is 10.6. The smallest absolute Gasteiger partial charge is 0.333 e. The van der Waals surface area contributed by atoms with Crippen LogP contribution in [0.3, 0.4) is 0 Å². The minimum atomic E-state index is 0.0808. The molecule has 4 heterocycles. The predicted octanol–water partition coefficient (Wildman–Crippen LogP) is 11.5. The second-order valence-corrected chi connectivity index (χ2v) is 15.4. The number of thiophene rings is 1. The molecule has 0 saturated heterocycles. The zero-order chi connectivity index (χ0) is 34.0. The van der Waals surface area contributed by atoms with Crippen LogP contribution in [0.5, 0.6) is 0 Å². The molecule has 8 aromatic rings. The third-order valence-electron chi connectivity index (χ3n) is 11.1. The topological polar surface area (TPSA) is 8.17 Å². The highest BCUT2D eigenvalue weighted by Gasteiger charge is 2.43. The van der Waals surface area contributed by atoms with Crippen LogP contribution in [0.25, 0.3) is 54.5 Å². The van der Waals surface area contributed by atoms with Gasteiger partial charge in [0, 0.05) is 49.0 Å². The molecule has 0 N–H and O–H groups in total. The molecule has 6 aromatic carbocycles. The van der Waals surface area contributed by atoms with Crippen molar-refractivity contribution in [3.8, 4) is 32.7 Å². The van der Waals surface area contributed by atoms with Crippen molar-refractivity contribution in [2.24, 2.45) is 0 Å². The summed E-state index contributed by atoms with van der Waals surface area (Å²) in [5.74, 6) is 0. The highest BCUT2D eigenvalue weighted by atomic mass is 32.1. The summed E-state index contributed by atoms with van der Waals surface area (Å²) in [6, 6.07) is 41.5. The number of hydrogen-bond donors (Lipinski definition) is 0. The molecular formula is C46H37BN2S. The Morgan fingerprint density at radius 2 is 1.18 bits per heavy atom. The summed E-state index contributed by atoms with van der Waals surface area (Å²) >= 11 is 1.90. The quantitative estimate of drug-likeness (QED) is 0.171. The van der Waals surface area contributed by atoms with E-state index in [4.69, 9.17) is 0 Å². The Bertz CT molecular complexity index is 2680. The molecular weight excluding hydrogens is 623 g/mol. The maximum absolute atomic E-state index is 2.68. The van der Waals surface area contributed by atoms with Gasteiger partial charge in [0.15, 0.2) is 0 Å². The number of anilines is 3. The largest absolute Gasteiger partial charge is 0.375 e. The van der Waals surface area contributed by atoms with E-state index in [1.54, 1.807) is 0 Å². The summed E-state index contributed by atoms with van der Waals surface area (Å²) in [6.07, 6.45) is 0. The van der Waals surface area contributed by atoms with E-state index in [0.717, 1.165) is 0 Å². The van der Waals surface area contributed by atoms with Crippen molar-refractivity contribution in [3.63, 3.8) is 0 Å². The normalized spacial score (nSPS) is 12.9. The van der Waals surface area contributed by atoms with E-state index in [-0.39, 0.29) is 6.85 Å². The molecule has 4 heteroatoms. The Kier molecular flexibility index (Phi) is 6.27. The Balaban J connectivity index is 1.34. The van der Waals surface area contributed by atoms with E-state index in [1.165, 1.54) is 116 Å². The van der Waals surface area contributed by atoms with Crippen LogP contribution in [0.15, 0.2) is 115 Å². The minimum Gasteiger partial charge on any atom is -0.375 e. The lowest BCUT2D eigenvalue weighted by Gasteiger charge is -2.37. The van der Waals surface area contributed by atoms with Gasteiger partial charge in [-0.2, -0.15) is 0 Å². The molecule has 0 unspecified atom stereocenters. The molecule has 0 radical (unpaired) electrons. The number of aryl methyl sites for hydroxylation is 6. The lowest BCUT2D eigenvalue weighted by Crippen LogP contribution is -2.55. The number of nitrogens with zero attached hydrogens (tertiary/aromatic N) is 2. The van der Waals surface area contributed by atoms with Gasteiger partial charge in [-0.1, -0.05) is 77.9 Å². The van der Waals surface area contributed by atoms with Crippen molar-refractivity contribution in [2.45, 2.75) is 41.5 Å². The van der Waals surface area contributed by atoms with Crippen molar-refractivity contribution < 1.29 is 0 Å². The second kappa shape index (κ2) is 10.6. The first kappa shape index (κ1) is 29.6. The average Bonchev–Trinajstić information content (AvgIpc) is 3.67. The van der Waals surface area contributed by atoms with Gasteiger partial charge in [-0.05, 0) is 139 Å². The Morgan fingerprint density at radius 1 is 0.560 bits per heavy atom. The molecule has 0 aliphatic carbocycles. The lowest BCUT2D eigenvalue weighted by atomic mass is 9.46. The van der Waals surface area contributed by atoms with Gasteiger partial charge < -0.3 is 9.38 Å². The summed E-state index contributed by atoms with van der Waals surface area (Å²) in [7, 11) is 0. The van der Waals surface area contributed by atoms with Crippen LogP contribution >= 0.6 is 11.3 Å². The minimum absolute atomic E-state index is 0.0808. The monoisotopic (exact) mass is 660 g/mol. The molecule has 10 rings (SSSR count). The van der Waals surface area contributed by atoms with Crippen molar-refractivity contribution >= 4 is 68.0 Å². The summed E-state index contributed by atoms with van der Waals surface area (Å²) in [5, 5.41) is 5.05. The predicted molar refractivity (Wildman–Crippen MR) is 217 cm³/mol. The van der Waals surface area contributed by atoms with Crippen molar-refractivity contribution in [2.75, 3.05) is 4.90 Å². The van der Waals surface area contributed by atoms with Crippen LogP contribution in [0.1, 0.15) is 33.4 Å². The molecule has 0 spiro atoms. The molecule has 2 aliphatic heterocycles. The molecule has 0 atom stereocenters. The van der Waals surface area contributed by atoms with Crippen LogP contribution in [-0.4, -0.2) is 11.3 Å². The first-order chi connectivity index (χ1) is 24.3. The van der Waals surface area contributed by atoms with Gasteiger partial charge in [0.05, 0.1) is 5.69 Å². The van der Waals surface area contributed by atoms with E-state index < -0.39 is 0 Å². The summed E-state index contributed by atoms with van der Waals surface area (Å²) in [5.41, 5.74) is 23.7. The summed E-state index contributed by atoms with van der Waals surface area (Å²) in [6.45, 7) is 13.5. The number of aromatic nitrogens is 1. The number of hydrogen-bond acceptors (Lipinski definition) is 2. The molecule has 0 fully saturated rings. The SMILES string of the molecule is Cc1cc(C)c(-c2ccc3c(c2)c2cc(-c4c(C)cc(C)cc4C)cc4c2n3B2c3ccccc3N(c3ccccc3)c3csc-4c32)c(C)c1. The first-order valence-electron chi connectivity index (χ1n) is 17.6. The van der Waals surface area contributed by atoms with Gasteiger partial charge in [0.1, 0.15) is 0 Å². The molecule has 2 aromatic heterocycles. The highest BCUT2D eigenvalue weighted by molar-refractivity contribution is 7.17. The van der Waals surface area contributed by atoms with E-state index in [0.29, 0.717) is 0 Å². The van der Waals surface area contributed by atoms with Crippen molar-refractivity contribution in [1.82, 2.24) is 4.48 Å². The zero-order valence-electron chi connectivity index (χ0n) is 29.3. The third kappa shape index (κ3) is 4.03. The highest BCUT2D eigenvalue weighted by Crippen LogP contribution is 2.49. The number of benzene rings is 6. The van der Waals surface area contributed by atoms with Gasteiger partial charge in [0.25, 0.3) is 0 Å². The van der Waals surface area contributed by atoms with Crippen LogP contribution in [-0.2, 0) is 0 Å². The molecule has 0 bridgehead atoms. The van der Waals surface area contributed by atoms with Gasteiger partial charge in [-0.25, -0.2) is 0 Å². The molecule has 0 saturated carbocycles. The van der Waals surface area contributed by atoms with E-state index in [1.807, 2.05) is 11.3 Å². The number of fused-ring (bicyclic) bond motifs is 7.